The molecule has 3 saturated heterocycles. The molecular formula is C24H35N11O6S. The zero-order valence-electron chi connectivity index (χ0n) is 23.1. The molecule has 3 fully saturated rings. The van der Waals surface area contributed by atoms with E-state index in [1.165, 1.54) is 27.7 Å². The fourth-order valence-corrected chi connectivity index (χ4v) is 8.01. The van der Waals surface area contributed by atoms with E-state index in [4.69, 9.17) is 11.1 Å². The Morgan fingerprint density at radius 3 is 2.74 bits per heavy atom. The normalized spacial score (nSPS) is 31.1. The number of hydrogen-bond acceptors (Lipinski definition) is 11. The molecule has 17 nitrogen and oxygen atoms in total. The number of nitrogens with zero attached hydrogens (tertiary/aromatic N) is 6. The summed E-state index contributed by atoms with van der Waals surface area (Å²) in [5.74, 6) is -3.16. The lowest BCUT2D eigenvalue weighted by molar-refractivity contribution is -0.158. The van der Waals surface area contributed by atoms with Crippen LogP contribution in [0.3, 0.4) is 0 Å². The van der Waals surface area contributed by atoms with Crippen molar-refractivity contribution in [3.63, 3.8) is 0 Å². The first-order chi connectivity index (χ1) is 20.0. The number of carboxylic acid groups (broad SMARTS) is 1. The van der Waals surface area contributed by atoms with Gasteiger partial charge in [-0.05, 0) is 30.2 Å². The number of hydrogen-bond donors (Lipinski definition) is 7. The molecule has 42 heavy (non-hydrogen) atoms. The van der Waals surface area contributed by atoms with E-state index < -0.39 is 30.0 Å². The second kappa shape index (κ2) is 11.8. The molecule has 1 aromatic heterocycles. The van der Waals surface area contributed by atoms with Crippen molar-refractivity contribution in [3.8, 4) is 0 Å². The van der Waals surface area contributed by atoms with Crippen molar-refractivity contribution in [1.29, 1.82) is 5.41 Å². The molecule has 8 N–H and O–H groups in total. The Morgan fingerprint density at radius 1 is 1.33 bits per heavy atom. The fraction of sp³-hybridized carbons (Fsp3) is 0.667. The maximum absolute atomic E-state index is 13.4. The Balaban J connectivity index is 1.22. The van der Waals surface area contributed by atoms with E-state index in [2.05, 4.69) is 31.5 Å². The number of thioether (sulfide) groups is 1. The fourth-order valence-electron chi connectivity index (χ4n) is 6.53. The first-order valence-electron chi connectivity index (χ1n) is 13.7. The van der Waals surface area contributed by atoms with Crippen LogP contribution in [0.2, 0.25) is 0 Å². The van der Waals surface area contributed by atoms with Crippen LogP contribution >= 0.6 is 11.8 Å². The van der Waals surface area contributed by atoms with E-state index in [-0.39, 0.29) is 65.8 Å². The van der Waals surface area contributed by atoms with Crippen molar-refractivity contribution >= 4 is 41.4 Å². The molecule has 4 aliphatic heterocycles. The number of tetrazole rings is 1. The summed E-state index contributed by atoms with van der Waals surface area (Å²) in [4.78, 5) is 54.9. The number of aliphatic carboxylic acids is 1. The van der Waals surface area contributed by atoms with Crippen LogP contribution in [-0.2, 0) is 25.7 Å². The molecule has 0 aromatic carbocycles. The summed E-state index contributed by atoms with van der Waals surface area (Å²) in [7, 11) is 0. The molecule has 0 aliphatic carbocycles. The molecule has 0 radical (unpaired) electrons. The summed E-state index contributed by atoms with van der Waals surface area (Å²) in [6, 6.07) is -2.08. The standard InChI is InChI=1S/C24H35N11O6S/c1-10-18-17(11(2)29-16(37)7-33-9-28-31-32-33)22(39)35(18)19(23(40)41)20(10)42-14-4-15(27-5-14)21(38)34-6-12(30-24(25)26)3-13(34)8-36/h9-15,17-18,27,36H,3-8H2,1-2H3,(H,29,37)(H,40,41)(H4,25,26,30)/t10-,11-,12+,13?,14?,15?,17-,18-/m1/s1. The molecule has 0 saturated carbocycles. The van der Waals surface area contributed by atoms with E-state index >= 15 is 0 Å². The number of rotatable bonds is 10. The van der Waals surface area contributed by atoms with Gasteiger partial charge in [0.05, 0.1) is 30.7 Å². The maximum Gasteiger partial charge on any atom is 0.353 e. The number of guanidine groups is 1. The predicted octanol–water partition coefficient (Wildman–Crippen LogP) is -3.14. The van der Waals surface area contributed by atoms with Gasteiger partial charge in [0, 0.05) is 41.2 Å². The molecule has 1 aromatic rings. The van der Waals surface area contributed by atoms with Crippen molar-refractivity contribution in [2.24, 2.45) is 17.6 Å². The van der Waals surface area contributed by atoms with Gasteiger partial charge in [-0.2, -0.15) is 0 Å². The summed E-state index contributed by atoms with van der Waals surface area (Å²) in [5.41, 5.74) is 5.40. The average Bonchev–Trinajstić information content (AvgIpc) is 3.71. The van der Waals surface area contributed by atoms with Crippen LogP contribution in [0.15, 0.2) is 16.9 Å². The lowest BCUT2D eigenvalue weighted by atomic mass is 9.78. The van der Waals surface area contributed by atoms with Gasteiger partial charge in [-0.25, -0.2) is 9.48 Å². The number of amides is 3. The SMILES string of the molecule is C[C@@H](NC(=O)Cn1cnnn1)[C@H]1C(=O)N2C(C(=O)O)=C(SC3CNC(C(=O)N4C[C@@H](NC(=N)N)CC4CO)C3)[C@H](C)[C@H]12. The topological polar surface area (TPSA) is 245 Å². The summed E-state index contributed by atoms with van der Waals surface area (Å²) in [6.07, 6.45) is 2.22. The number of fused-ring (bicyclic) bond motifs is 1. The lowest BCUT2D eigenvalue weighted by Crippen LogP contribution is -2.66. The maximum atomic E-state index is 13.4. The summed E-state index contributed by atoms with van der Waals surface area (Å²) >= 11 is 1.37. The molecule has 18 heteroatoms. The first-order valence-corrected chi connectivity index (χ1v) is 14.6. The van der Waals surface area contributed by atoms with Crippen LogP contribution in [-0.4, -0.2) is 125 Å². The molecule has 228 valence electrons. The highest BCUT2D eigenvalue weighted by Crippen LogP contribution is 2.51. The number of aliphatic hydroxyl groups is 1. The summed E-state index contributed by atoms with van der Waals surface area (Å²) < 4.78 is 1.26. The van der Waals surface area contributed by atoms with Crippen LogP contribution in [0.1, 0.15) is 26.7 Å². The number of likely N-dealkylation sites (tertiary alicyclic amines) is 1. The molecular weight excluding hydrogens is 570 g/mol. The minimum absolute atomic E-state index is 0.0428. The van der Waals surface area contributed by atoms with Gasteiger partial charge >= 0.3 is 5.97 Å². The number of carbonyl (C=O) groups is 4. The quantitative estimate of drug-likeness (QED) is 0.0793. The van der Waals surface area contributed by atoms with Crippen molar-refractivity contribution in [2.45, 2.75) is 68.7 Å². The van der Waals surface area contributed by atoms with E-state index in [0.29, 0.717) is 30.8 Å². The van der Waals surface area contributed by atoms with Gasteiger partial charge < -0.3 is 41.7 Å². The van der Waals surface area contributed by atoms with Crippen molar-refractivity contribution in [3.05, 3.63) is 16.9 Å². The van der Waals surface area contributed by atoms with Crippen LogP contribution in [0.4, 0.5) is 0 Å². The van der Waals surface area contributed by atoms with Crippen molar-refractivity contribution < 1.29 is 29.4 Å². The Bertz CT molecular complexity index is 1290. The molecule has 5 heterocycles. The molecule has 4 aliphatic rings. The van der Waals surface area contributed by atoms with Gasteiger partial charge in [-0.1, -0.05) is 6.92 Å². The van der Waals surface area contributed by atoms with Crippen LogP contribution in [0.5, 0.6) is 0 Å². The molecule has 3 unspecified atom stereocenters. The number of carbonyl (C=O) groups excluding carboxylic acids is 3. The zero-order chi connectivity index (χ0) is 30.3. The second-order valence-corrected chi connectivity index (χ2v) is 12.5. The number of aromatic nitrogens is 4. The largest absolute Gasteiger partial charge is 0.477 e. The molecule has 0 spiro atoms. The minimum Gasteiger partial charge on any atom is -0.477 e. The molecule has 3 amide bonds. The highest BCUT2D eigenvalue weighted by atomic mass is 32.2. The Kier molecular flexibility index (Phi) is 8.38. The van der Waals surface area contributed by atoms with Gasteiger partial charge in [-0.15, -0.1) is 16.9 Å². The monoisotopic (exact) mass is 605 g/mol. The summed E-state index contributed by atoms with van der Waals surface area (Å²) in [6.45, 7) is 4.07. The third kappa shape index (κ3) is 5.52. The molecule has 0 bridgehead atoms. The van der Waals surface area contributed by atoms with Crippen LogP contribution in [0.25, 0.3) is 0 Å². The van der Waals surface area contributed by atoms with Gasteiger partial charge in [0.15, 0.2) is 5.96 Å². The first kappa shape index (κ1) is 29.7. The lowest BCUT2D eigenvalue weighted by Gasteiger charge is -2.47. The van der Waals surface area contributed by atoms with Gasteiger partial charge in [0.25, 0.3) is 0 Å². The number of carboxylic acids is 1. The van der Waals surface area contributed by atoms with E-state index in [1.54, 1.807) is 11.8 Å². The predicted molar refractivity (Wildman–Crippen MR) is 147 cm³/mol. The van der Waals surface area contributed by atoms with Gasteiger partial charge in [0.2, 0.25) is 17.7 Å². The Labute approximate surface area is 245 Å². The smallest absolute Gasteiger partial charge is 0.353 e. The second-order valence-electron chi connectivity index (χ2n) is 11.1. The van der Waals surface area contributed by atoms with Crippen molar-refractivity contribution in [2.75, 3.05) is 19.7 Å². The van der Waals surface area contributed by atoms with Gasteiger partial charge in [-0.3, -0.25) is 19.8 Å². The average molecular weight is 606 g/mol. The number of nitrogens with one attached hydrogen (secondary N) is 4. The van der Waals surface area contributed by atoms with Crippen molar-refractivity contribution in [1.82, 2.24) is 46.0 Å². The molecule has 5 rings (SSSR count). The van der Waals surface area contributed by atoms with E-state index in [1.807, 2.05) is 6.92 Å². The number of β-lactam (4-membered cyclic amide) rings is 1. The Hall–Kier alpha value is -3.77. The third-order valence-corrected chi connectivity index (χ3v) is 9.88. The third-order valence-electron chi connectivity index (χ3n) is 8.37. The number of nitrogens with two attached hydrogens (primary N) is 1. The molecule has 8 atom stereocenters. The van der Waals surface area contributed by atoms with E-state index in [0.717, 1.165) is 0 Å². The highest BCUT2D eigenvalue weighted by Gasteiger charge is 2.60. The van der Waals surface area contributed by atoms with Crippen LogP contribution in [0, 0.1) is 17.2 Å². The zero-order valence-corrected chi connectivity index (χ0v) is 24.0. The minimum atomic E-state index is -1.19. The Morgan fingerprint density at radius 2 is 2.10 bits per heavy atom. The highest BCUT2D eigenvalue weighted by molar-refractivity contribution is 8.03. The van der Waals surface area contributed by atoms with E-state index in [9.17, 15) is 29.4 Å². The van der Waals surface area contributed by atoms with Crippen LogP contribution < -0.4 is 21.7 Å². The summed E-state index contributed by atoms with van der Waals surface area (Å²) in [5, 5.41) is 46.7. The van der Waals surface area contributed by atoms with Gasteiger partial charge in [0.1, 0.15) is 18.6 Å². The number of aliphatic hydroxyl groups excluding tert-OH is 1.